The van der Waals surface area contributed by atoms with Crippen molar-refractivity contribution in [2.24, 2.45) is 5.92 Å². The number of rotatable bonds is 6. The van der Waals surface area contributed by atoms with Crippen LogP contribution in [-0.4, -0.2) is 18.9 Å². The number of aryl methyl sites for hydroxylation is 1. The largest absolute Gasteiger partial charge is 0.497 e. The summed E-state index contributed by atoms with van der Waals surface area (Å²) < 4.78 is 5.07. The summed E-state index contributed by atoms with van der Waals surface area (Å²) >= 11 is 0. The van der Waals surface area contributed by atoms with Gasteiger partial charge in [-0.3, -0.25) is 9.59 Å². The van der Waals surface area contributed by atoms with Crippen LogP contribution in [0.1, 0.15) is 37.9 Å². The van der Waals surface area contributed by atoms with Crippen LogP contribution in [-0.2, 0) is 16.0 Å². The van der Waals surface area contributed by atoms with E-state index in [1.165, 1.54) is 5.56 Å². The van der Waals surface area contributed by atoms with Gasteiger partial charge in [-0.2, -0.15) is 0 Å². The van der Waals surface area contributed by atoms with E-state index in [0.717, 1.165) is 12.0 Å². The number of nitrogens with one attached hydrogen (secondary N) is 2. The second-order valence-electron chi connectivity index (χ2n) is 6.47. The van der Waals surface area contributed by atoms with Crippen molar-refractivity contribution >= 4 is 17.5 Å². The van der Waals surface area contributed by atoms with Crippen LogP contribution in [0.3, 0.4) is 0 Å². The van der Waals surface area contributed by atoms with Gasteiger partial charge < -0.3 is 15.4 Å². The van der Waals surface area contributed by atoms with Crippen LogP contribution in [0.5, 0.6) is 5.75 Å². The lowest BCUT2D eigenvalue weighted by Crippen LogP contribution is -2.39. The summed E-state index contributed by atoms with van der Waals surface area (Å²) in [6, 6.07) is 14.7. The zero-order valence-corrected chi connectivity index (χ0v) is 15.7. The number of methoxy groups -OCH3 is 1. The maximum Gasteiger partial charge on any atom is 0.313 e. The summed E-state index contributed by atoms with van der Waals surface area (Å²) in [6.07, 6.45) is 0.962. The van der Waals surface area contributed by atoms with E-state index in [2.05, 4.69) is 17.6 Å². The molecule has 0 aromatic heterocycles. The summed E-state index contributed by atoms with van der Waals surface area (Å²) in [7, 11) is 1.57. The lowest BCUT2D eigenvalue weighted by Gasteiger charge is -2.23. The van der Waals surface area contributed by atoms with Crippen molar-refractivity contribution in [1.29, 1.82) is 0 Å². The molecule has 0 saturated carbocycles. The van der Waals surface area contributed by atoms with Crippen LogP contribution in [0.15, 0.2) is 48.5 Å². The number of benzene rings is 2. The summed E-state index contributed by atoms with van der Waals surface area (Å²) in [4.78, 5) is 24.5. The maximum atomic E-state index is 12.3. The topological polar surface area (TPSA) is 67.4 Å². The third-order valence-electron chi connectivity index (χ3n) is 4.25. The van der Waals surface area contributed by atoms with E-state index >= 15 is 0 Å². The molecule has 2 N–H and O–H groups in total. The molecule has 0 heterocycles. The molecular formula is C21H26N2O3. The molecule has 26 heavy (non-hydrogen) atoms. The van der Waals surface area contributed by atoms with E-state index in [-0.39, 0.29) is 12.0 Å². The number of anilines is 1. The van der Waals surface area contributed by atoms with Crippen molar-refractivity contribution in [3.8, 4) is 5.75 Å². The fourth-order valence-electron chi connectivity index (χ4n) is 2.66. The third kappa shape index (κ3) is 5.09. The highest BCUT2D eigenvalue weighted by atomic mass is 16.5. The highest BCUT2D eigenvalue weighted by molar-refractivity contribution is 6.39. The molecule has 2 aromatic rings. The highest BCUT2D eigenvalue weighted by Crippen LogP contribution is 2.22. The normalized spacial score (nSPS) is 11.7. The Bertz CT molecular complexity index is 737. The highest BCUT2D eigenvalue weighted by Gasteiger charge is 2.22. The fourth-order valence-corrected chi connectivity index (χ4v) is 2.66. The van der Waals surface area contributed by atoms with Crippen LogP contribution in [0.2, 0.25) is 0 Å². The smallest absolute Gasteiger partial charge is 0.313 e. The summed E-state index contributed by atoms with van der Waals surface area (Å²) in [5.41, 5.74) is 2.77. The zero-order valence-electron chi connectivity index (χ0n) is 15.7. The van der Waals surface area contributed by atoms with Crippen LogP contribution in [0.25, 0.3) is 0 Å². The lowest BCUT2D eigenvalue weighted by atomic mass is 9.95. The Morgan fingerprint density at radius 1 is 0.962 bits per heavy atom. The Labute approximate surface area is 154 Å². The minimum atomic E-state index is -0.689. The first-order chi connectivity index (χ1) is 12.4. The van der Waals surface area contributed by atoms with Gasteiger partial charge in [0.1, 0.15) is 5.75 Å². The second-order valence-corrected chi connectivity index (χ2v) is 6.47. The Morgan fingerprint density at radius 2 is 1.58 bits per heavy atom. The minimum Gasteiger partial charge on any atom is -0.497 e. The maximum absolute atomic E-state index is 12.3. The lowest BCUT2D eigenvalue weighted by molar-refractivity contribution is -0.136. The molecule has 2 amide bonds. The number of hydrogen-bond acceptors (Lipinski definition) is 3. The van der Waals surface area contributed by atoms with Crippen LogP contribution >= 0.6 is 0 Å². The molecule has 5 heteroatoms. The Kier molecular flexibility index (Phi) is 6.78. The molecule has 2 aromatic carbocycles. The number of hydrogen-bond donors (Lipinski definition) is 2. The molecule has 0 bridgehead atoms. The second kappa shape index (κ2) is 9.04. The molecule has 5 nitrogen and oxygen atoms in total. The van der Waals surface area contributed by atoms with Gasteiger partial charge in [0.2, 0.25) is 0 Å². The fraction of sp³-hybridized carbons (Fsp3) is 0.333. The van der Waals surface area contributed by atoms with E-state index in [1.807, 2.05) is 38.1 Å². The Balaban J connectivity index is 2.04. The number of carbonyl (C=O) groups excluding carboxylic acids is 2. The molecule has 0 spiro atoms. The SMILES string of the molecule is CCc1ccc(C(NC(=O)C(=O)Nc2ccc(OC)cc2)C(C)C)cc1. The van der Waals surface area contributed by atoms with Crippen molar-refractivity contribution in [2.75, 3.05) is 12.4 Å². The van der Waals surface area contributed by atoms with Gasteiger partial charge in [0.15, 0.2) is 0 Å². The van der Waals surface area contributed by atoms with Gasteiger partial charge in [-0.25, -0.2) is 0 Å². The molecule has 0 fully saturated rings. The summed E-state index contributed by atoms with van der Waals surface area (Å²) in [5, 5.41) is 5.44. The van der Waals surface area contributed by atoms with Crippen molar-refractivity contribution in [3.63, 3.8) is 0 Å². The Hall–Kier alpha value is -2.82. The number of ether oxygens (including phenoxy) is 1. The quantitative estimate of drug-likeness (QED) is 0.777. The molecule has 1 atom stereocenters. The van der Waals surface area contributed by atoms with Crippen LogP contribution in [0.4, 0.5) is 5.69 Å². The molecule has 0 aliphatic heterocycles. The molecule has 138 valence electrons. The van der Waals surface area contributed by atoms with Gasteiger partial charge in [0.05, 0.1) is 13.2 Å². The van der Waals surface area contributed by atoms with Crippen molar-refractivity contribution in [1.82, 2.24) is 5.32 Å². The van der Waals surface area contributed by atoms with Gasteiger partial charge in [0.25, 0.3) is 0 Å². The van der Waals surface area contributed by atoms with E-state index in [1.54, 1.807) is 31.4 Å². The van der Waals surface area contributed by atoms with Gasteiger partial charge in [0, 0.05) is 5.69 Å². The molecule has 0 aliphatic carbocycles. The van der Waals surface area contributed by atoms with E-state index in [0.29, 0.717) is 11.4 Å². The van der Waals surface area contributed by atoms with Crippen molar-refractivity contribution < 1.29 is 14.3 Å². The van der Waals surface area contributed by atoms with E-state index < -0.39 is 11.8 Å². The first kappa shape index (κ1) is 19.5. The molecule has 0 aliphatic rings. The van der Waals surface area contributed by atoms with Gasteiger partial charge >= 0.3 is 11.8 Å². The average molecular weight is 354 g/mol. The van der Waals surface area contributed by atoms with Crippen molar-refractivity contribution in [3.05, 3.63) is 59.7 Å². The van der Waals surface area contributed by atoms with Gasteiger partial charge in [-0.1, -0.05) is 45.0 Å². The summed E-state index contributed by atoms with van der Waals surface area (Å²) in [6.45, 7) is 6.13. The van der Waals surface area contributed by atoms with Crippen molar-refractivity contribution in [2.45, 2.75) is 33.2 Å². The molecule has 0 radical (unpaired) electrons. The first-order valence-electron chi connectivity index (χ1n) is 8.79. The van der Waals surface area contributed by atoms with Gasteiger partial charge in [-0.15, -0.1) is 0 Å². The van der Waals surface area contributed by atoms with Gasteiger partial charge in [-0.05, 0) is 47.7 Å². The molecule has 2 rings (SSSR count). The number of carbonyl (C=O) groups is 2. The number of amides is 2. The Morgan fingerprint density at radius 3 is 2.08 bits per heavy atom. The molecule has 1 unspecified atom stereocenters. The standard InChI is InChI=1S/C21H26N2O3/c1-5-15-6-8-16(9-7-15)19(14(2)3)23-21(25)20(24)22-17-10-12-18(26-4)13-11-17/h6-14,19H,5H2,1-4H3,(H,22,24)(H,23,25). The first-order valence-corrected chi connectivity index (χ1v) is 8.79. The van der Waals surface area contributed by atoms with Crippen LogP contribution < -0.4 is 15.4 Å². The summed E-state index contributed by atoms with van der Waals surface area (Å²) in [5.74, 6) is -0.506. The minimum absolute atomic E-state index is 0.153. The average Bonchev–Trinajstić information content (AvgIpc) is 2.66. The monoisotopic (exact) mass is 354 g/mol. The predicted octanol–water partition coefficient (Wildman–Crippen LogP) is 3.71. The van der Waals surface area contributed by atoms with E-state index in [9.17, 15) is 9.59 Å². The predicted molar refractivity (Wildman–Crippen MR) is 103 cm³/mol. The van der Waals surface area contributed by atoms with Crippen LogP contribution in [0, 0.1) is 5.92 Å². The van der Waals surface area contributed by atoms with E-state index in [4.69, 9.17) is 4.74 Å². The molecule has 0 saturated heterocycles. The zero-order chi connectivity index (χ0) is 19.1. The molecular weight excluding hydrogens is 328 g/mol. The third-order valence-corrected chi connectivity index (χ3v) is 4.25.